The molecule has 0 fully saturated rings. The first-order valence-electron chi connectivity index (χ1n) is 6.06. The lowest BCUT2D eigenvalue weighted by Crippen LogP contribution is -2.11. The Morgan fingerprint density at radius 2 is 2.05 bits per heavy atom. The second kappa shape index (κ2) is 4.78. The molecule has 0 saturated heterocycles. The molecular weight excluding hydrogens is 322 g/mol. The molecule has 1 unspecified atom stereocenters. The van der Waals surface area contributed by atoms with Crippen LogP contribution in [0.4, 0.5) is 0 Å². The minimum atomic E-state index is -0.189. The van der Waals surface area contributed by atoms with Crippen LogP contribution in [-0.4, -0.2) is 0 Å². The minimum Gasteiger partial charge on any atom is -0.459 e. The third-order valence-corrected chi connectivity index (χ3v) is 5.00. The molecule has 0 amide bonds. The Morgan fingerprint density at radius 1 is 1.26 bits per heavy atom. The zero-order valence-corrected chi connectivity index (χ0v) is 13.1. The zero-order valence-electron chi connectivity index (χ0n) is 10.7. The van der Waals surface area contributed by atoms with Crippen molar-refractivity contribution < 1.29 is 4.42 Å². The number of rotatable bonds is 2. The predicted molar refractivity (Wildman–Crippen MR) is 83.7 cm³/mol. The monoisotopic (exact) mass is 335 g/mol. The van der Waals surface area contributed by atoms with Crippen LogP contribution in [0.5, 0.6) is 0 Å². The number of nitrogens with two attached hydrogens (primary N) is 1. The van der Waals surface area contributed by atoms with E-state index in [0.717, 1.165) is 26.8 Å². The molecule has 2 heterocycles. The third kappa shape index (κ3) is 2.14. The molecule has 19 heavy (non-hydrogen) atoms. The Balaban J connectivity index is 2.15. The van der Waals surface area contributed by atoms with Gasteiger partial charge in [-0.2, -0.15) is 0 Å². The van der Waals surface area contributed by atoms with Gasteiger partial charge in [0, 0.05) is 20.3 Å². The van der Waals surface area contributed by atoms with Gasteiger partial charge in [0.05, 0.1) is 6.04 Å². The van der Waals surface area contributed by atoms with Crippen LogP contribution < -0.4 is 5.73 Å². The van der Waals surface area contributed by atoms with Gasteiger partial charge < -0.3 is 10.2 Å². The summed E-state index contributed by atoms with van der Waals surface area (Å²) in [5, 5.41) is 3.20. The number of thiophene rings is 1. The molecule has 4 heteroatoms. The van der Waals surface area contributed by atoms with Crippen molar-refractivity contribution in [1.29, 1.82) is 0 Å². The molecule has 0 aliphatic heterocycles. The van der Waals surface area contributed by atoms with Gasteiger partial charge in [-0.05, 0) is 49.1 Å². The van der Waals surface area contributed by atoms with Crippen molar-refractivity contribution in [3.8, 4) is 0 Å². The van der Waals surface area contributed by atoms with Gasteiger partial charge in [-0.25, -0.2) is 0 Å². The van der Waals surface area contributed by atoms with Gasteiger partial charge in [-0.3, -0.25) is 0 Å². The summed E-state index contributed by atoms with van der Waals surface area (Å²) in [5.41, 5.74) is 9.60. The highest BCUT2D eigenvalue weighted by Crippen LogP contribution is 2.35. The highest BCUT2D eigenvalue weighted by atomic mass is 79.9. The van der Waals surface area contributed by atoms with Crippen molar-refractivity contribution in [1.82, 2.24) is 0 Å². The molecule has 98 valence electrons. The van der Waals surface area contributed by atoms with Gasteiger partial charge in [-0.1, -0.05) is 15.9 Å². The Bertz CT molecular complexity index is 744. The highest BCUT2D eigenvalue weighted by Gasteiger charge is 2.20. The summed E-state index contributed by atoms with van der Waals surface area (Å²) in [4.78, 5) is 1.17. The van der Waals surface area contributed by atoms with Crippen molar-refractivity contribution >= 4 is 38.2 Å². The molecule has 2 nitrogen and oxygen atoms in total. The van der Waals surface area contributed by atoms with E-state index in [4.69, 9.17) is 10.2 Å². The molecule has 0 bridgehead atoms. The quantitative estimate of drug-likeness (QED) is 0.721. The van der Waals surface area contributed by atoms with E-state index in [2.05, 4.69) is 47.3 Å². The summed E-state index contributed by atoms with van der Waals surface area (Å²) in [6.07, 6.45) is 0. The summed E-state index contributed by atoms with van der Waals surface area (Å²) >= 11 is 5.14. The molecular formula is C15H14BrNOS. The van der Waals surface area contributed by atoms with Crippen LogP contribution >= 0.6 is 27.3 Å². The third-order valence-electron chi connectivity index (χ3n) is 3.40. The Morgan fingerprint density at radius 3 is 2.74 bits per heavy atom. The van der Waals surface area contributed by atoms with Crippen LogP contribution in [-0.2, 0) is 0 Å². The molecule has 0 aliphatic carbocycles. The number of aryl methyl sites for hydroxylation is 2. The Hall–Kier alpha value is -1.10. The lowest BCUT2D eigenvalue weighted by Gasteiger charge is -2.09. The van der Waals surface area contributed by atoms with Crippen LogP contribution in [0.25, 0.3) is 11.0 Å². The van der Waals surface area contributed by atoms with E-state index in [0.29, 0.717) is 0 Å². The smallest absolute Gasteiger partial charge is 0.135 e. The van der Waals surface area contributed by atoms with E-state index in [1.807, 2.05) is 12.1 Å². The topological polar surface area (TPSA) is 39.2 Å². The molecule has 0 aliphatic rings. The van der Waals surface area contributed by atoms with Crippen molar-refractivity contribution in [2.24, 2.45) is 5.73 Å². The lowest BCUT2D eigenvalue weighted by atomic mass is 10.1. The first kappa shape index (κ1) is 12.9. The summed E-state index contributed by atoms with van der Waals surface area (Å²) in [5.74, 6) is 0.860. The molecule has 0 spiro atoms. The molecule has 0 saturated carbocycles. The Kier molecular flexibility index (Phi) is 3.25. The number of halogens is 1. The Labute approximate surface area is 124 Å². The molecule has 1 aromatic carbocycles. The normalized spacial score (nSPS) is 13.1. The van der Waals surface area contributed by atoms with Gasteiger partial charge in [0.25, 0.3) is 0 Å². The maximum absolute atomic E-state index is 6.37. The van der Waals surface area contributed by atoms with Crippen molar-refractivity contribution in [2.75, 3.05) is 0 Å². The van der Waals surface area contributed by atoms with Gasteiger partial charge in [0.1, 0.15) is 11.3 Å². The number of fused-ring (bicyclic) bond motifs is 1. The van der Waals surface area contributed by atoms with Gasteiger partial charge in [0.15, 0.2) is 0 Å². The van der Waals surface area contributed by atoms with Crippen LogP contribution in [0, 0.1) is 13.8 Å². The van der Waals surface area contributed by atoms with Crippen LogP contribution in [0.3, 0.4) is 0 Å². The lowest BCUT2D eigenvalue weighted by molar-refractivity contribution is 0.523. The average Bonchev–Trinajstić information content (AvgIpc) is 2.93. The predicted octanol–water partition coefficient (Wildman–Crippen LogP) is 4.92. The maximum Gasteiger partial charge on any atom is 0.135 e. The molecule has 1 atom stereocenters. The van der Waals surface area contributed by atoms with E-state index in [1.165, 1.54) is 10.4 Å². The fourth-order valence-corrected chi connectivity index (χ4v) is 3.60. The molecule has 2 N–H and O–H groups in total. The van der Waals surface area contributed by atoms with Gasteiger partial charge in [0.2, 0.25) is 0 Å². The standard InChI is InChI=1S/C15H14BrNOS/c1-8-5-6-19-15(8)13(17)14-9(2)11-4-3-10(16)7-12(11)18-14/h3-7,13H,17H2,1-2H3. The van der Waals surface area contributed by atoms with E-state index in [1.54, 1.807) is 11.3 Å². The van der Waals surface area contributed by atoms with Crippen molar-refractivity contribution in [2.45, 2.75) is 19.9 Å². The average molecular weight is 336 g/mol. The number of hydrogen-bond acceptors (Lipinski definition) is 3. The highest BCUT2D eigenvalue weighted by molar-refractivity contribution is 9.10. The van der Waals surface area contributed by atoms with Gasteiger partial charge in [-0.15, -0.1) is 11.3 Å². The minimum absolute atomic E-state index is 0.189. The fraction of sp³-hybridized carbons (Fsp3) is 0.200. The second-order valence-electron chi connectivity index (χ2n) is 4.68. The van der Waals surface area contributed by atoms with Crippen LogP contribution in [0.15, 0.2) is 38.5 Å². The fourth-order valence-electron chi connectivity index (χ4n) is 2.34. The van der Waals surface area contributed by atoms with E-state index < -0.39 is 0 Å². The first-order valence-corrected chi connectivity index (χ1v) is 7.73. The van der Waals surface area contributed by atoms with E-state index in [9.17, 15) is 0 Å². The molecule has 3 rings (SSSR count). The summed E-state index contributed by atoms with van der Waals surface area (Å²) in [7, 11) is 0. The van der Waals surface area contributed by atoms with Gasteiger partial charge >= 0.3 is 0 Å². The summed E-state index contributed by atoms with van der Waals surface area (Å²) < 4.78 is 6.99. The SMILES string of the molecule is Cc1ccsc1C(N)c1oc2cc(Br)ccc2c1C. The van der Waals surface area contributed by atoms with Crippen LogP contribution in [0.1, 0.15) is 27.8 Å². The summed E-state index contributed by atoms with van der Waals surface area (Å²) in [6.45, 7) is 4.15. The number of hydrogen-bond donors (Lipinski definition) is 1. The maximum atomic E-state index is 6.37. The summed E-state index contributed by atoms with van der Waals surface area (Å²) in [6, 6.07) is 7.98. The van der Waals surface area contributed by atoms with E-state index in [-0.39, 0.29) is 6.04 Å². The number of benzene rings is 1. The van der Waals surface area contributed by atoms with Crippen molar-refractivity contribution in [3.05, 3.63) is 55.9 Å². The zero-order chi connectivity index (χ0) is 13.6. The largest absolute Gasteiger partial charge is 0.459 e. The van der Waals surface area contributed by atoms with E-state index >= 15 is 0 Å². The molecule has 2 aromatic heterocycles. The first-order chi connectivity index (χ1) is 9.08. The van der Waals surface area contributed by atoms with Crippen molar-refractivity contribution in [3.63, 3.8) is 0 Å². The molecule has 3 aromatic rings. The number of furan rings is 1. The van der Waals surface area contributed by atoms with Crippen LogP contribution in [0.2, 0.25) is 0 Å². The second-order valence-corrected chi connectivity index (χ2v) is 6.54. The molecule has 0 radical (unpaired) electrons.